The van der Waals surface area contributed by atoms with Gasteiger partial charge in [0.2, 0.25) is 0 Å². The van der Waals surface area contributed by atoms with Gasteiger partial charge in [0.25, 0.3) is 5.91 Å². The van der Waals surface area contributed by atoms with Crippen LogP contribution in [0.3, 0.4) is 0 Å². The number of hydrogen-bond acceptors (Lipinski definition) is 4. The van der Waals surface area contributed by atoms with Crippen LogP contribution in [-0.2, 0) is 0 Å². The first kappa shape index (κ1) is 18.1. The summed E-state index contributed by atoms with van der Waals surface area (Å²) in [5.41, 5.74) is 1.95. The number of anilines is 1. The average Bonchev–Trinajstić information content (AvgIpc) is 2.68. The number of nitrogens with one attached hydrogen (secondary N) is 1. The van der Waals surface area contributed by atoms with Gasteiger partial charge in [-0.25, -0.2) is 4.79 Å². The van der Waals surface area contributed by atoms with Gasteiger partial charge in [-0.05, 0) is 42.0 Å². The molecule has 0 aliphatic heterocycles. The van der Waals surface area contributed by atoms with Crippen molar-refractivity contribution < 1.29 is 14.7 Å². The third-order valence-electron chi connectivity index (χ3n) is 3.81. The predicted octanol–water partition coefficient (Wildman–Crippen LogP) is 4.22. The number of pyridine rings is 1. The molecular formula is C20H12ClN3O3. The van der Waals surface area contributed by atoms with Gasteiger partial charge in [-0.2, -0.15) is 5.26 Å². The van der Waals surface area contributed by atoms with Crippen LogP contribution < -0.4 is 5.32 Å². The van der Waals surface area contributed by atoms with E-state index in [1.807, 2.05) is 18.2 Å². The lowest BCUT2D eigenvalue weighted by molar-refractivity contribution is 0.0698. The molecule has 1 heterocycles. The molecule has 0 radical (unpaired) electrons. The predicted molar refractivity (Wildman–Crippen MR) is 101 cm³/mol. The van der Waals surface area contributed by atoms with Crippen LogP contribution in [0.5, 0.6) is 0 Å². The molecule has 0 bridgehead atoms. The molecule has 0 saturated carbocycles. The maximum Gasteiger partial charge on any atom is 0.337 e. The third kappa shape index (κ3) is 4.11. The van der Waals surface area contributed by atoms with E-state index < -0.39 is 11.9 Å². The Balaban J connectivity index is 1.89. The molecule has 1 aromatic heterocycles. The zero-order valence-electron chi connectivity index (χ0n) is 13.8. The molecule has 6 nitrogen and oxygen atoms in total. The van der Waals surface area contributed by atoms with E-state index in [1.165, 1.54) is 24.4 Å². The second kappa shape index (κ2) is 7.68. The Hall–Kier alpha value is -3.69. The molecule has 3 aromatic rings. The summed E-state index contributed by atoms with van der Waals surface area (Å²) in [4.78, 5) is 28.0. The SMILES string of the molecule is N#Cc1ccc(NC(=O)c2cncc(-c3ccc(Cl)cc3)c2)c(C(=O)O)c1. The van der Waals surface area contributed by atoms with Gasteiger partial charge >= 0.3 is 5.97 Å². The highest BCUT2D eigenvalue weighted by Crippen LogP contribution is 2.23. The first-order valence-corrected chi connectivity index (χ1v) is 8.15. The summed E-state index contributed by atoms with van der Waals surface area (Å²) in [7, 11) is 0. The van der Waals surface area contributed by atoms with Gasteiger partial charge < -0.3 is 10.4 Å². The van der Waals surface area contributed by atoms with E-state index in [4.69, 9.17) is 16.9 Å². The van der Waals surface area contributed by atoms with E-state index in [-0.39, 0.29) is 22.4 Å². The van der Waals surface area contributed by atoms with Gasteiger partial charge in [0.05, 0.1) is 28.4 Å². The Morgan fingerprint density at radius 2 is 1.78 bits per heavy atom. The normalized spacial score (nSPS) is 10.1. The Morgan fingerprint density at radius 3 is 2.44 bits per heavy atom. The van der Waals surface area contributed by atoms with Crippen molar-refractivity contribution in [3.05, 3.63) is 82.6 Å². The quantitative estimate of drug-likeness (QED) is 0.708. The summed E-state index contributed by atoms with van der Waals surface area (Å²) in [5.74, 6) is -1.75. The molecule has 0 spiro atoms. The lowest BCUT2D eigenvalue weighted by Gasteiger charge is -2.10. The van der Waals surface area contributed by atoms with E-state index in [1.54, 1.807) is 24.4 Å². The summed E-state index contributed by atoms with van der Waals surface area (Å²) in [6.07, 6.45) is 3.00. The van der Waals surface area contributed by atoms with Crippen molar-refractivity contribution in [3.63, 3.8) is 0 Å². The molecule has 0 aliphatic carbocycles. The number of aromatic carboxylic acids is 1. The Labute approximate surface area is 159 Å². The number of carbonyl (C=O) groups excluding carboxylic acids is 1. The van der Waals surface area contributed by atoms with Crippen LogP contribution in [0.1, 0.15) is 26.3 Å². The van der Waals surface area contributed by atoms with Gasteiger partial charge in [-0.3, -0.25) is 9.78 Å². The highest BCUT2D eigenvalue weighted by molar-refractivity contribution is 6.30. The number of rotatable bonds is 4. The van der Waals surface area contributed by atoms with Crippen LogP contribution in [0.4, 0.5) is 5.69 Å². The summed E-state index contributed by atoms with van der Waals surface area (Å²) in [6.45, 7) is 0. The van der Waals surface area contributed by atoms with Gasteiger partial charge in [-0.15, -0.1) is 0 Å². The number of aromatic nitrogens is 1. The van der Waals surface area contributed by atoms with Crippen molar-refractivity contribution in [3.8, 4) is 17.2 Å². The number of halogens is 1. The molecule has 0 aliphatic rings. The molecule has 0 saturated heterocycles. The smallest absolute Gasteiger partial charge is 0.337 e. The minimum absolute atomic E-state index is 0.100. The van der Waals surface area contributed by atoms with E-state index in [2.05, 4.69) is 10.3 Å². The van der Waals surface area contributed by atoms with Gasteiger partial charge in [0, 0.05) is 23.0 Å². The van der Waals surface area contributed by atoms with E-state index >= 15 is 0 Å². The first-order chi connectivity index (χ1) is 13.0. The number of carbonyl (C=O) groups is 2. The number of nitriles is 1. The first-order valence-electron chi connectivity index (χ1n) is 7.77. The van der Waals surface area contributed by atoms with Gasteiger partial charge in [0.1, 0.15) is 0 Å². The Kier molecular flexibility index (Phi) is 5.15. The van der Waals surface area contributed by atoms with E-state index in [0.29, 0.717) is 5.02 Å². The van der Waals surface area contributed by atoms with Crippen LogP contribution in [0, 0.1) is 11.3 Å². The van der Waals surface area contributed by atoms with Crippen LogP contribution in [0.15, 0.2) is 60.9 Å². The molecule has 0 atom stereocenters. The van der Waals surface area contributed by atoms with Crippen molar-refractivity contribution >= 4 is 29.2 Å². The van der Waals surface area contributed by atoms with Crippen LogP contribution in [-0.4, -0.2) is 22.0 Å². The number of carboxylic acids is 1. The van der Waals surface area contributed by atoms with Crippen molar-refractivity contribution in [2.75, 3.05) is 5.32 Å². The molecule has 132 valence electrons. The maximum absolute atomic E-state index is 12.6. The van der Waals surface area contributed by atoms with Gasteiger partial charge in [-0.1, -0.05) is 23.7 Å². The fourth-order valence-corrected chi connectivity index (χ4v) is 2.58. The van der Waals surface area contributed by atoms with Crippen molar-refractivity contribution in [1.29, 1.82) is 5.26 Å². The minimum atomic E-state index is -1.24. The second-order valence-electron chi connectivity index (χ2n) is 5.60. The molecule has 1 amide bonds. The lowest BCUT2D eigenvalue weighted by Crippen LogP contribution is -2.15. The van der Waals surface area contributed by atoms with Crippen molar-refractivity contribution in [1.82, 2.24) is 4.98 Å². The molecule has 3 rings (SSSR count). The van der Waals surface area contributed by atoms with E-state index in [9.17, 15) is 14.7 Å². The summed E-state index contributed by atoms with van der Waals surface area (Å²) >= 11 is 5.89. The summed E-state index contributed by atoms with van der Waals surface area (Å²) < 4.78 is 0. The molecule has 0 unspecified atom stereocenters. The van der Waals surface area contributed by atoms with Crippen LogP contribution >= 0.6 is 11.6 Å². The van der Waals surface area contributed by atoms with Gasteiger partial charge in [0.15, 0.2) is 0 Å². The zero-order chi connectivity index (χ0) is 19.4. The number of amides is 1. The molecule has 27 heavy (non-hydrogen) atoms. The Morgan fingerprint density at radius 1 is 1.04 bits per heavy atom. The second-order valence-corrected chi connectivity index (χ2v) is 6.04. The highest BCUT2D eigenvalue weighted by Gasteiger charge is 2.15. The Bertz CT molecular complexity index is 1070. The number of carboxylic acid groups (broad SMARTS) is 1. The maximum atomic E-state index is 12.6. The molecule has 2 aromatic carbocycles. The zero-order valence-corrected chi connectivity index (χ0v) is 14.6. The molecule has 2 N–H and O–H groups in total. The number of hydrogen-bond donors (Lipinski definition) is 2. The summed E-state index contributed by atoms with van der Waals surface area (Å²) in [5, 5.41) is 21.4. The molecule has 7 heteroatoms. The van der Waals surface area contributed by atoms with Crippen LogP contribution in [0.25, 0.3) is 11.1 Å². The highest BCUT2D eigenvalue weighted by atomic mass is 35.5. The molecular weight excluding hydrogens is 366 g/mol. The van der Waals surface area contributed by atoms with Crippen molar-refractivity contribution in [2.45, 2.75) is 0 Å². The largest absolute Gasteiger partial charge is 0.478 e. The molecule has 0 fully saturated rings. The fraction of sp³-hybridized carbons (Fsp3) is 0. The fourth-order valence-electron chi connectivity index (χ4n) is 2.46. The van der Waals surface area contributed by atoms with Crippen LogP contribution in [0.2, 0.25) is 5.02 Å². The number of benzene rings is 2. The van der Waals surface area contributed by atoms with E-state index in [0.717, 1.165) is 11.1 Å². The standard InChI is InChI=1S/C20H12ClN3O3/c21-16-4-2-13(3-5-16)14-8-15(11-23-10-14)19(25)24-18-6-1-12(9-22)7-17(18)20(26)27/h1-8,10-11H,(H,24,25)(H,26,27). The lowest BCUT2D eigenvalue weighted by atomic mass is 10.1. The minimum Gasteiger partial charge on any atom is -0.478 e. The number of nitrogens with zero attached hydrogens (tertiary/aromatic N) is 2. The monoisotopic (exact) mass is 377 g/mol. The topological polar surface area (TPSA) is 103 Å². The third-order valence-corrected chi connectivity index (χ3v) is 4.06. The van der Waals surface area contributed by atoms with Crippen molar-refractivity contribution in [2.24, 2.45) is 0 Å². The summed E-state index contributed by atoms with van der Waals surface area (Å²) in [6, 6.07) is 14.6. The average molecular weight is 378 g/mol.